The van der Waals surface area contributed by atoms with Crippen LogP contribution < -0.4 is 5.32 Å². The number of rotatable bonds is 3. The molecule has 22 heavy (non-hydrogen) atoms. The summed E-state index contributed by atoms with van der Waals surface area (Å²) in [6.07, 6.45) is 1.77. The van der Waals surface area contributed by atoms with E-state index in [4.69, 9.17) is 4.42 Å². The molecule has 0 bridgehead atoms. The fraction of sp³-hybridized carbons (Fsp3) is 0.0556. The lowest BCUT2D eigenvalue weighted by Gasteiger charge is -2.05. The maximum atomic E-state index is 13.4. The average molecular weight is 292 g/mol. The molecular formula is C18H13FN2O. The van der Waals surface area contributed by atoms with Crippen LogP contribution in [0, 0.1) is 5.82 Å². The van der Waals surface area contributed by atoms with E-state index in [2.05, 4.69) is 10.3 Å². The van der Waals surface area contributed by atoms with Crippen LogP contribution in [0.3, 0.4) is 0 Å². The first-order valence-corrected chi connectivity index (χ1v) is 7.05. The third-order valence-electron chi connectivity index (χ3n) is 3.63. The Bertz CT molecular complexity index is 947. The van der Waals surface area contributed by atoms with Crippen LogP contribution in [0.25, 0.3) is 21.9 Å². The number of aromatic nitrogens is 1. The number of furan rings is 1. The van der Waals surface area contributed by atoms with Gasteiger partial charge in [0.1, 0.15) is 17.0 Å². The van der Waals surface area contributed by atoms with Gasteiger partial charge in [0, 0.05) is 22.7 Å². The number of nitrogens with one attached hydrogen (secondary N) is 1. The van der Waals surface area contributed by atoms with E-state index in [0.29, 0.717) is 12.1 Å². The van der Waals surface area contributed by atoms with E-state index in [1.165, 1.54) is 12.1 Å². The van der Waals surface area contributed by atoms with Gasteiger partial charge in [0.2, 0.25) is 0 Å². The topological polar surface area (TPSA) is 38.1 Å². The van der Waals surface area contributed by atoms with Crippen LogP contribution in [0.4, 0.5) is 10.1 Å². The molecule has 3 nitrogen and oxygen atoms in total. The predicted molar refractivity (Wildman–Crippen MR) is 85.2 cm³/mol. The summed E-state index contributed by atoms with van der Waals surface area (Å²) >= 11 is 0. The van der Waals surface area contributed by atoms with Gasteiger partial charge in [-0.3, -0.25) is 4.98 Å². The molecule has 0 unspecified atom stereocenters. The number of pyridine rings is 1. The van der Waals surface area contributed by atoms with E-state index in [1.54, 1.807) is 12.3 Å². The Morgan fingerprint density at radius 1 is 0.955 bits per heavy atom. The SMILES string of the molecule is Fc1ccc2oc3ccc(NCc4ccccn4)cc3c2c1. The van der Waals surface area contributed by atoms with Crippen molar-refractivity contribution in [1.82, 2.24) is 4.98 Å². The second-order valence-corrected chi connectivity index (χ2v) is 5.13. The molecule has 2 aromatic carbocycles. The number of halogens is 1. The molecule has 0 aliphatic carbocycles. The minimum absolute atomic E-state index is 0.262. The summed E-state index contributed by atoms with van der Waals surface area (Å²) in [7, 11) is 0. The molecule has 4 heteroatoms. The fourth-order valence-electron chi connectivity index (χ4n) is 2.55. The zero-order chi connectivity index (χ0) is 14.9. The van der Waals surface area contributed by atoms with Crippen molar-refractivity contribution in [3.8, 4) is 0 Å². The zero-order valence-corrected chi connectivity index (χ0v) is 11.7. The largest absolute Gasteiger partial charge is 0.456 e. The van der Waals surface area contributed by atoms with Crippen LogP contribution in [0.2, 0.25) is 0 Å². The van der Waals surface area contributed by atoms with Crippen LogP contribution in [0.1, 0.15) is 5.69 Å². The highest BCUT2D eigenvalue weighted by molar-refractivity contribution is 6.05. The van der Waals surface area contributed by atoms with Gasteiger partial charge in [-0.2, -0.15) is 0 Å². The standard InChI is InChI=1S/C18H13FN2O/c19-12-4-6-17-15(9-12)16-10-13(5-7-18(16)22-17)21-11-14-3-1-2-8-20-14/h1-10,21H,11H2. The van der Waals surface area contributed by atoms with Gasteiger partial charge in [0.25, 0.3) is 0 Å². The highest BCUT2D eigenvalue weighted by atomic mass is 19.1. The summed E-state index contributed by atoms with van der Waals surface area (Å²) in [5.74, 6) is -0.262. The molecule has 0 aliphatic heterocycles. The Labute approximate surface area is 126 Å². The van der Waals surface area contributed by atoms with Gasteiger partial charge < -0.3 is 9.73 Å². The lowest BCUT2D eigenvalue weighted by Crippen LogP contribution is -2.00. The van der Waals surface area contributed by atoms with Gasteiger partial charge in [0.15, 0.2) is 0 Å². The smallest absolute Gasteiger partial charge is 0.135 e. The molecule has 0 saturated heterocycles. The molecule has 1 N–H and O–H groups in total. The maximum Gasteiger partial charge on any atom is 0.135 e. The average Bonchev–Trinajstić information content (AvgIpc) is 2.91. The monoisotopic (exact) mass is 292 g/mol. The molecule has 0 radical (unpaired) electrons. The van der Waals surface area contributed by atoms with E-state index in [0.717, 1.165) is 27.7 Å². The first-order valence-electron chi connectivity index (χ1n) is 7.05. The number of anilines is 1. The second kappa shape index (κ2) is 5.15. The molecule has 0 saturated carbocycles. The quantitative estimate of drug-likeness (QED) is 0.593. The molecule has 2 aromatic heterocycles. The Balaban J connectivity index is 1.70. The number of benzene rings is 2. The van der Waals surface area contributed by atoms with Crippen molar-refractivity contribution in [3.63, 3.8) is 0 Å². The van der Waals surface area contributed by atoms with Gasteiger partial charge in [-0.1, -0.05) is 6.07 Å². The summed E-state index contributed by atoms with van der Waals surface area (Å²) in [5.41, 5.74) is 3.36. The summed E-state index contributed by atoms with van der Waals surface area (Å²) in [5, 5.41) is 5.02. The van der Waals surface area contributed by atoms with Crippen molar-refractivity contribution in [2.45, 2.75) is 6.54 Å². The molecule has 0 fully saturated rings. The normalized spacial score (nSPS) is 11.1. The number of fused-ring (bicyclic) bond motifs is 3. The Kier molecular flexibility index (Phi) is 3.00. The highest BCUT2D eigenvalue weighted by Crippen LogP contribution is 2.31. The van der Waals surface area contributed by atoms with E-state index < -0.39 is 0 Å². The summed E-state index contributed by atoms with van der Waals surface area (Å²) in [6.45, 7) is 0.635. The Morgan fingerprint density at radius 3 is 2.59 bits per heavy atom. The van der Waals surface area contributed by atoms with Gasteiger partial charge >= 0.3 is 0 Å². The summed E-state index contributed by atoms with van der Waals surface area (Å²) < 4.78 is 19.2. The summed E-state index contributed by atoms with van der Waals surface area (Å²) in [6, 6.07) is 16.2. The van der Waals surface area contributed by atoms with Gasteiger partial charge in [0.05, 0.1) is 12.2 Å². The molecule has 0 amide bonds. The third kappa shape index (κ3) is 2.29. The van der Waals surface area contributed by atoms with Crippen molar-refractivity contribution >= 4 is 27.6 Å². The van der Waals surface area contributed by atoms with Crippen LogP contribution in [0.5, 0.6) is 0 Å². The van der Waals surface area contributed by atoms with Gasteiger partial charge in [-0.25, -0.2) is 4.39 Å². The van der Waals surface area contributed by atoms with Crippen molar-refractivity contribution in [2.75, 3.05) is 5.32 Å². The van der Waals surface area contributed by atoms with Crippen molar-refractivity contribution in [1.29, 1.82) is 0 Å². The van der Waals surface area contributed by atoms with Gasteiger partial charge in [-0.05, 0) is 48.5 Å². The first kappa shape index (κ1) is 12.8. The predicted octanol–water partition coefficient (Wildman–Crippen LogP) is 4.73. The van der Waals surface area contributed by atoms with Crippen LogP contribution >= 0.6 is 0 Å². The lowest BCUT2D eigenvalue weighted by molar-refractivity contribution is 0.626. The lowest BCUT2D eigenvalue weighted by atomic mass is 10.1. The summed E-state index contributed by atoms with van der Waals surface area (Å²) in [4.78, 5) is 4.28. The molecule has 2 heterocycles. The maximum absolute atomic E-state index is 13.4. The molecule has 0 aliphatic rings. The molecular weight excluding hydrogens is 279 g/mol. The minimum Gasteiger partial charge on any atom is -0.456 e. The van der Waals surface area contributed by atoms with E-state index in [-0.39, 0.29) is 5.82 Å². The molecule has 108 valence electrons. The second-order valence-electron chi connectivity index (χ2n) is 5.13. The van der Waals surface area contributed by atoms with Crippen molar-refractivity contribution in [2.24, 2.45) is 0 Å². The molecule has 4 rings (SSSR count). The van der Waals surface area contributed by atoms with Crippen LogP contribution in [-0.4, -0.2) is 4.98 Å². The first-order chi connectivity index (χ1) is 10.8. The zero-order valence-electron chi connectivity index (χ0n) is 11.7. The van der Waals surface area contributed by atoms with E-state index in [9.17, 15) is 4.39 Å². The molecule has 0 spiro atoms. The molecule has 4 aromatic rings. The van der Waals surface area contributed by atoms with E-state index in [1.807, 2.05) is 36.4 Å². The Hall–Kier alpha value is -2.88. The van der Waals surface area contributed by atoms with Crippen LogP contribution in [-0.2, 0) is 6.54 Å². The third-order valence-corrected chi connectivity index (χ3v) is 3.63. The fourth-order valence-corrected chi connectivity index (χ4v) is 2.55. The van der Waals surface area contributed by atoms with Crippen molar-refractivity contribution in [3.05, 3.63) is 72.3 Å². The number of hydrogen-bond donors (Lipinski definition) is 1. The van der Waals surface area contributed by atoms with Crippen LogP contribution in [0.15, 0.2) is 65.2 Å². The Morgan fingerprint density at radius 2 is 1.77 bits per heavy atom. The van der Waals surface area contributed by atoms with E-state index >= 15 is 0 Å². The minimum atomic E-state index is -0.262. The highest BCUT2D eigenvalue weighted by Gasteiger charge is 2.08. The number of hydrogen-bond acceptors (Lipinski definition) is 3. The molecule has 0 atom stereocenters. The van der Waals surface area contributed by atoms with Crippen molar-refractivity contribution < 1.29 is 8.81 Å². The van der Waals surface area contributed by atoms with Gasteiger partial charge in [-0.15, -0.1) is 0 Å². The number of nitrogens with zero attached hydrogens (tertiary/aromatic N) is 1.